The normalized spacial score (nSPS) is 25.3. The highest BCUT2D eigenvalue weighted by molar-refractivity contribution is 5.76. The van der Waals surface area contributed by atoms with Gasteiger partial charge < -0.3 is 19.6 Å². The molecule has 0 aliphatic carbocycles. The van der Waals surface area contributed by atoms with Crippen LogP contribution in [-0.4, -0.2) is 85.2 Å². The lowest BCUT2D eigenvalue weighted by atomic mass is 10.0. The molecule has 138 valence electrons. The molecule has 1 amide bonds. The highest BCUT2D eigenvalue weighted by Crippen LogP contribution is 2.33. The second-order valence-electron chi connectivity index (χ2n) is 7.11. The van der Waals surface area contributed by atoms with Gasteiger partial charge in [0.05, 0.1) is 13.2 Å². The maximum absolute atomic E-state index is 12.5. The van der Waals surface area contributed by atoms with E-state index < -0.39 is 0 Å². The van der Waals surface area contributed by atoms with E-state index in [1.165, 1.54) is 0 Å². The molecule has 0 spiro atoms. The van der Waals surface area contributed by atoms with Crippen LogP contribution in [0.2, 0.25) is 0 Å². The molecule has 25 heavy (non-hydrogen) atoms. The van der Waals surface area contributed by atoms with E-state index in [0.29, 0.717) is 25.9 Å². The molecule has 1 aromatic rings. The van der Waals surface area contributed by atoms with Gasteiger partial charge in [0.25, 0.3) is 0 Å². The third kappa shape index (κ3) is 4.51. The van der Waals surface area contributed by atoms with E-state index in [-0.39, 0.29) is 18.1 Å². The predicted octanol–water partition coefficient (Wildman–Crippen LogP) is 0.967. The molecule has 0 bridgehead atoms. The van der Waals surface area contributed by atoms with Gasteiger partial charge in [-0.05, 0) is 31.2 Å². The molecule has 1 aromatic carbocycles. The number of carbonyl (C=O) groups excluding carboxylic acids is 1. The fourth-order valence-electron chi connectivity index (χ4n) is 3.78. The number of benzene rings is 1. The predicted molar refractivity (Wildman–Crippen MR) is 96.6 cm³/mol. The molecule has 0 saturated carbocycles. The molecule has 2 atom stereocenters. The summed E-state index contributed by atoms with van der Waals surface area (Å²) in [6, 6.07) is 8.14. The van der Waals surface area contributed by atoms with Crippen molar-refractivity contribution in [3.05, 3.63) is 29.8 Å². The molecule has 2 aliphatic rings. The Morgan fingerprint density at radius 1 is 1.28 bits per heavy atom. The van der Waals surface area contributed by atoms with E-state index in [1.54, 1.807) is 7.11 Å². The van der Waals surface area contributed by atoms with Crippen LogP contribution in [0.5, 0.6) is 5.75 Å². The first-order chi connectivity index (χ1) is 12.1. The Kier molecular flexibility index (Phi) is 5.93. The minimum absolute atomic E-state index is 0.144. The fraction of sp³-hybridized carbons (Fsp3) is 0.632. The number of nitrogens with zero attached hydrogens (tertiary/aromatic N) is 3. The standard InChI is InChI=1S/C19H29N3O3/c1-20-8-10-21(11-9-20)19(24)6-7-22-14-16(23)13-18(22)15-4-3-5-17(12-15)25-2/h3-5,12,16,18,23H,6-11,13-14H2,1-2H3/t16-,18+/m1/s1. The first-order valence-corrected chi connectivity index (χ1v) is 9.09. The number of methoxy groups -OCH3 is 1. The number of carbonyl (C=O) groups is 1. The van der Waals surface area contributed by atoms with Crippen LogP contribution < -0.4 is 4.74 Å². The molecule has 6 heteroatoms. The molecule has 2 aliphatic heterocycles. The van der Waals surface area contributed by atoms with Gasteiger partial charge in [0.15, 0.2) is 0 Å². The van der Waals surface area contributed by atoms with Crippen LogP contribution in [-0.2, 0) is 4.79 Å². The molecule has 6 nitrogen and oxygen atoms in total. The lowest BCUT2D eigenvalue weighted by Gasteiger charge is -2.33. The average Bonchev–Trinajstić information content (AvgIpc) is 3.01. The summed E-state index contributed by atoms with van der Waals surface area (Å²) in [5.41, 5.74) is 1.14. The molecular weight excluding hydrogens is 318 g/mol. The molecule has 0 aromatic heterocycles. The van der Waals surface area contributed by atoms with Crippen molar-refractivity contribution in [3.63, 3.8) is 0 Å². The van der Waals surface area contributed by atoms with Crippen molar-refractivity contribution in [2.24, 2.45) is 0 Å². The van der Waals surface area contributed by atoms with Crippen molar-refractivity contribution in [3.8, 4) is 5.75 Å². The molecular formula is C19H29N3O3. The topological polar surface area (TPSA) is 56.3 Å². The second kappa shape index (κ2) is 8.17. The SMILES string of the molecule is COc1cccc([C@@H]2C[C@@H](O)CN2CCC(=O)N2CCN(C)CC2)c1. The summed E-state index contributed by atoms with van der Waals surface area (Å²) in [5.74, 6) is 1.05. The number of β-amino-alcohol motifs (C(OH)–C–C–N with tert-alkyl or cyclic N) is 1. The van der Waals surface area contributed by atoms with Gasteiger partial charge in [-0.1, -0.05) is 12.1 Å². The number of piperazine rings is 1. The molecule has 2 heterocycles. The third-order valence-corrected chi connectivity index (χ3v) is 5.33. The zero-order valence-electron chi connectivity index (χ0n) is 15.2. The molecule has 0 radical (unpaired) electrons. The van der Waals surface area contributed by atoms with Gasteiger partial charge in [0, 0.05) is 51.7 Å². The van der Waals surface area contributed by atoms with Gasteiger partial charge in [-0.25, -0.2) is 0 Å². The minimum atomic E-state index is -0.338. The van der Waals surface area contributed by atoms with Crippen LogP contribution in [0.4, 0.5) is 0 Å². The number of aliphatic hydroxyl groups excluding tert-OH is 1. The molecule has 1 N–H and O–H groups in total. The quantitative estimate of drug-likeness (QED) is 0.860. The summed E-state index contributed by atoms with van der Waals surface area (Å²) in [7, 11) is 3.75. The Hall–Kier alpha value is -1.63. The van der Waals surface area contributed by atoms with Gasteiger partial charge in [-0.15, -0.1) is 0 Å². The number of likely N-dealkylation sites (N-methyl/N-ethyl adjacent to an activating group) is 1. The van der Waals surface area contributed by atoms with Gasteiger partial charge >= 0.3 is 0 Å². The van der Waals surface area contributed by atoms with E-state index in [1.807, 2.05) is 23.1 Å². The maximum Gasteiger partial charge on any atom is 0.223 e. The van der Waals surface area contributed by atoms with Crippen molar-refractivity contribution in [1.29, 1.82) is 0 Å². The van der Waals surface area contributed by atoms with Gasteiger partial charge in [0.1, 0.15) is 5.75 Å². The third-order valence-electron chi connectivity index (χ3n) is 5.33. The van der Waals surface area contributed by atoms with E-state index in [2.05, 4.69) is 22.9 Å². The maximum atomic E-state index is 12.5. The molecule has 0 unspecified atom stereocenters. The first kappa shape index (κ1) is 18.2. The number of aliphatic hydroxyl groups is 1. The lowest BCUT2D eigenvalue weighted by Crippen LogP contribution is -2.47. The Bertz CT molecular complexity index is 587. The van der Waals surface area contributed by atoms with Crippen LogP contribution in [0.1, 0.15) is 24.4 Å². The summed E-state index contributed by atoms with van der Waals surface area (Å²) in [6.45, 7) is 4.83. The van der Waals surface area contributed by atoms with Crippen LogP contribution >= 0.6 is 0 Å². The van der Waals surface area contributed by atoms with E-state index in [4.69, 9.17) is 4.74 Å². The van der Waals surface area contributed by atoms with Crippen LogP contribution in [0.15, 0.2) is 24.3 Å². The smallest absolute Gasteiger partial charge is 0.223 e. The summed E-state index contributed by atoms with van der Waals surface area (Å²) in [6.07, 6.45) is 0.877. The summed E-state index contributed by atoms with van der Waals surface area (Å²) in [5, 5.41) is 10.1. The number of hydrogen-bond donors (Lipinski definition) is 1. The van der Waals surface area contributed by atoms with Crippen LogP contribution in [0.3, 0.4) is 0 Å². The minimum Gasteiger partial charge on any atom is -0.497 e. The Balaban J connectivity index is 1.59. The van der Waals surface area contributed by atoms with Crippen molar-refractivity contribution in [1.82, 2.24) is 14.7 Å². The van der Waals surface area contributed by atoms with Crippen LogP contribution in [0.25, 0.3) is 0 Å². The Labute approximate surface area is 150 Å². The lowest BCUT2D eigenvalue weighted by molar-refractivity contribution is -0.133. The summed E-state index contributed by atoms with van der Waals surface area (Å²) >= 11 is 0. The molecule has 3 rings (SSSR count). The van der Waals surface area contributed by atoms with Gasteiger partial charge in [0.2, 0.25) is 5.91 Å². The second-order valence-corrected chi connectivity index (χ2v) is 7.11. The van der Waals surface area contributed by atoms with E-state index in [9.17, 15) is 9.90 Å². The number of amides is 1. The molecule has 2 saturated heterocycles. The number of rotatable bonds is 5. The van der Waals surface area contributed by atoms with Gasteiger partial charge in [-0.3, -0.25) is 9.69 Å². The number of likely N-dealkylation sites (tertiary alicyclic amines) is 1. The summed E-state index contributed by atoms with van der Waals surface area (Å²) in [4.78, 5) is 18.9. The van der Waals surface area contributed by atoms with E-state index in [0.717, 1.165) is 37.5 Å². The average molecular weight is 347 g/mol. The highest BCUT2D eigenvalue weighted by atomic mass is 16.5. The monoisotopic (exact) mass is 347 g/mol. The largest absolute Gasteiger partial charge is 0.497 e. The van der Waals surface area contributed by atoms with Crippen LogP contribution in [0, 0.1) is 0 Å². The van der Waals surface area contributed by atoms with Gasteiger partial charge in [-0.2, -0.15) is 0 Å². The zero-order chi connectivity index (χ0) is 17.8. The number of hydrogen-bond acceptors (Lipinski definition) is 5. The molecule has 2 fully saturated rings. The highest BCUT2D eigenvalue weighted by Gasteiger charge is 2.32. The number of ether oxygens (including phenoxy) is 1. The van der Waals surface area contributed by atoms with E-state index >= 15 is 0 Å². The van der Waals surface area contributed by atoms with Crippen molar-refractivity contribution < 1.29 is 14.6 Å². The van der Waals surface area contributed by atoms with Crippen molar-refractivity contribution >= 4 is 5.91 Å². The first-order valence-electron chi connectivity index (χ1n) is 9.09. The zero-order valence-corrected chi connectivity index (χ0v) is 15.2. The van der Waals surface area contributed by atoms with Crippen molar-refractivity contribution in [2.75, 3.05) is 53.4 Å². The Morgan fingerprint density at radius 2 is 2.04 bits per heavy atom. The fourth-order valence-corrected chi connectivity index (χ4v) is 3.78. The Morgan fingerprint density at radius 3 is 2.76 bits per heavy atom. The summed E-state index contributed by atoms with van der Waals surface area (Å²) < 4.78 is 5.32. The van der Waals surface area contributed by atoms with Crippen molar-refractivity contribution in [2.45, 2.75) is 25.0 Å².